The zero-order valence-corrected chi connectivity index (χ0v) is 12.7. The number of hydrogen-bond acceptors (Lipinski definition) is 4. The number of carbonyl (C=O) groups is 1. The van der Waals surface area contributed by atoms with Gasteiger partial charge in [-0.1, -0.05) is 0 Å². The summed E-state index contributed by atoms with van der Waals surface area (Å²) in [6.07, 6.45) is 3.53. The van der Waals surface area contributed by atoms with Gasteiger partial charge in [-0.05, 0) is 58.2 Å². The van der Waals surface area contributed by atoms with Crippen LogP contribution in [0.3, 0.4) is 0 Å². The van der Waals surface area contributed by atoms with Crippen molar-refractivity contribution in [2.24, 2.45) is 0 Å². The quantitative estimate of drug-likeness (QED) is 0.833. The zero-order chi connectivity index (χ0) is 14.8. The largest absolute Gasteiger partial charge is 0.442 e. The molecule has 1 fully saturated rings. The SMILES string of the molecule is Cc1ccnc(N(C(=O)OC(C)(C)C)N2CCCC2)c1. The standard InChI is InChI=1S/C15H23N3O2/c1-12-7-8-16-13(11-12)18(17-9-5-6-10-17)14(19)20-15(2,3)4/h7-8,11H,5-6,9-10H2,1-4H3. The first-order chi connectivity index (χ1) is 9.37. The summed E-state index contributed by atoms with van der Waals surface area (Å²) in [6.45, 7) is 9.32. The molecular weight excluding hydrogens is 254 g/mol. The van der Waals surface area contributed by atoms with Crippen molar-refractivity contribution < 1.29 is 9.53 Å². The highest BCUT2D eigenvalue weighted by Gasteiger charge is 2.30. The second-order valence-electron chi connectivity index (χ2n) is 6.14. The molecule has 20 heavy (non-hydrogen) atoms. The monoisotopic (exact) mass is 277 g/mol. The molecular formula is C15H23N3O2. The van der Waals surface area contributed by atoms with Gasteiger partial charge in [-0.2, -0.15) is 5.01 Å². The molecule has 0 unspecified atom stereocenters. The molecule has 2 rings (SSSR count). The minimum Gasteiger partial charge on any atom is -0.442 e. The number of aromatic nitrogens is 1. The third-order valence-electron chi connectivity index (χ3n) is 3.05. The van der Waals surface area contributed by atoms with E-state index < -0.39 is 5.60 Å². The van der Waals surface area contributed by atoms with E-state index in [0.717, 1.165) is 31.5 Å². The van der Waals surface area contributed by atoms with E-state index in [1.165, 1.54) is 0 Å². The van der Waals surface area contributed by atoms with Crippen molar-refractivity contribution in [2.45, 2.75) is 46.1 Å². The van der Waals surface area contributed by atoms with Crippen molar-refractivity contribution in [3.63, 3.8) is 0 Å². The summed E-state index contributed by atoms with van der Waals surface area (Å²) in [4.78, 5) is 16.8. The summed E-state index contributed by atoms with van der Waals surface area (Å²) in [5.74, 6) is 0.626. The molecule has 1 amide bonds. The van der Waals surface area contributed by atoms with Crippen molar-refractivity contribution in [1.29, 1.82) is 0 Å². The lowest BCUT2D eigenvalue weighted by Gasteiger charge is -2.32. The Labute approximate surface area is 120 Å². The number of hydrazine groups is 1. The Balaban J connectivity index is 2.27. The number of ether oxygens (including phenoxy) is 1. The van der Waals surface area contributed by atoms with E-state index in [1.54, 1.807) is 11.2 Å². The predicted molar refractivity (Wildman–Crippen MR) is 78.5 cm³/mol. The van der Waals surface area contributed by atoms with Crippen LogP contribution in [0.15, 0.2) is 18.3 Å². The van der Waals surface area contributed by atoms with Gasteiger partial charge < -0.3 is 4.74 Å². The third-order valence-corrected chi connectivity index (χ3v) is 3.05. The lowest BCUT2D eigenvalue weighted by molar-refractivity contribution is 0.0479. The van der Waals surface area contributed by atoms with Gasteiger partial charge in [0.25, 0.3) is 0 Å². The predicted octanol–water partition coefficient (Wildman–Crippen LogP) is 3.14. The molecule has 0 aromatic carbocycles. The van der Waals surface area contributed by atoms with Crippen molar-refractivity contribution in [3.8, 4) is 0 Å². The van der Waals surface area contributed by atoms with Gasteiger partial charge in [0, 0.05) is 19.3 Å². The highest BCUT2D eigenvalue weighted by molar-refractivity contribution is 5.85. The molecule has 110 valence electrons. The minimum atomic E-state index is -0.515. The molecule has 1 saturated heterocycles. The average molecular weight is 277 g/mol. The summed E-state index contributed by atoms with van der Waals surface area (Å²) < 4.78 is 5.51. The number of nitrogens with zero attached hydrogens (tertiary/aromatic N) is 3. The van der Waals surface area contributed by atoms with Gasteiger partial charge in [-0.3, -0.25) is 0 Å². The van der Waals surface area contributed by atoms with Crippen LogP contribution in [0.25, 0.3) is 0 Å². The molecule has 0 spiro atoms. The van der Waals surface area contributed by atoms with Crippen LogP contribution in [0.1, 0.15) is 39.2 Å². The third kappa shape index (κ3) is 3.70. The van der Waals surface area contributed by atoms with E-state index in [9.17, 15) is 4.79 Å². The summed E-state index contributed by atoms with van der Waals surface area (Å²) in [5.41, 5.74) is 0.557. The maximum absolute atomic E-state index is 12.5. The van der Waals surface area contributed by atoms with E-state index in [-0.39, 0.29) is 6.09 Å². The summed E-state index contributed by atoms with van der Waals surface area (Å²) in [7, 11) is 0. The minimum absolute atomic E-state index is 0.363. The number of anilines is 1. The molecule has 0 atom stereocenters. The van der Waals surface area contributed by atoms with Crippen molar-refractivity contribution in [1.82, 2.24) is 9.99 Å². The lowest BCUT2D eigenvalue weighted by Crippen LogP contribution is -2.48. The Morgan fingerprint density at radius 1 is 1.35 bits per heavy atom. The van der Waals surface area contributed by atoms with E-state index >= 15 is 0 Å². The van der Waals surface area contributed by atoms with Gasteiger partial charge in [0.2, 0.25) is 0 Å². The second kappa shape index (κ2) is 5.79. The number of carbonyl (C=O) groups excluding carboxylic acids is 1. The topological polar surface area (TPSA) is 45.7 Å². The molecule has 0 bridgehead atoms. The molecule has 0 saturated carbocycles. The van der Waals surface area contributed by atoms with Crippen molar-refractivity contribution in [2.75, 3.05) is 18.1 Å². The fourth-order valence-corrected chi connectivity index (χ4v) is 2.20. The van der Waals surface area contributed by atoms with E-state index in [4.69, 9.17) is 4.74 Å². The van der Waals surface area contributed by atoms with Crippen molar-refractivity contribution in [3.05, 3.63) is 23.9 Å². The molecule has 1 aliphatic rings. The smallest absolute Gasteiger partial charge is 0.431 e. The van der Waals surface area contributed by atoms with Crippen LogP contribution in [-0.4, -0.2) is 34.8 Å². The number of pyridine rings is 1. The van der Waals surface area contributed by atoms with E-state index in [2.05, 4.69) is 4.98 Å². The van der Waals surface area contributed by atoms with Crippen LogP contribution in [-0.2, 0) is 4.74 Å². The highest BCUT2D eigenvalue weighted by atomic mass is 16.6. The summed E-state index contributed by atoms with van der Waals surface area (Å²) in [5, 5.41) is 3.58. The normalized spacial score (nSPS) is 16.2. The molecule has 5 nitrogen and oxygen atoms in total. The van der Waals surface area contributed by atoms with E-state index in [0.29, 0.717) is 5.82 Å². The van der Waals surface area contributed by atoms with E-state index in [1.807, 2.05) is 44.8 Å². The van der Waals surface area contributed by atoms with Gasteiger partial charge in [-0.25, -0.2) is 14.8 Å². The Kier molecular flexibility index (Phi) is 4.28. The Hall–Kier alpha value is -1.62. The molecule has 1 aromatic heterocycles. The molecule has 0 radical (unpaired) electrons. The molecule has 2 heterocycles. The van der Waals surface area contributed by atoms with Crippen LogP contribution in [0.5, 0.6) is 0 Å². The second-order valence-corrected chi connectivity index (χ2v) is 6.14. The Morgan fingerprint density at radius 3 is 2.55 bits per heavy atom. The molecule has 1 aliphatic heterocycles. The average Bonchev–Trinajstić information content (AvgIpc) is 2.80. The lowest BCUT2D eigenvalue weighted by atomic mass is 10.2. The van der Waals surface area contributed by atoms with Gasteiger partial charge in [0.05, 0.1) is 0 Å². The summed E-state index contributed by atoms with van der Waals surface area (Å²) in [6, 6.07) is 3.82. The first kappa shape index (κ1) is 14.8. The fraction of sp³-hybridized carbons (Fsp3) is 0.600. The van der Waals surface area contributed by atoms with Crippen molar-refractivity contribution >= 4 is 11.9 Å². The number of aryl methyl sites for hydroxylation is 1. The zero-order valence-electron chi connectivity index (χ0n) is 12.7. The number of rotatable bonds is 2. The summed E-state index contributed by atoms with van der Waals surface area (Å²) >= 11 is 0. The van der Waals surface area contributed by atoms with Gasteiger partial charge in [-0.15, -0.1) is 0 Å². The van der Waals surface area contributed by atoms with Crippen LogP contribution in [0.4, 0.5) is 10.6 Å². The van der Waals surface area contributed by atoms with Crippen LogP contribution >= 0.6 is 0 Å². The number of amides is 1. The van der Waals surface area contributed by atoms with Crippen LogP contribution < -0.4 is 5.01 Å². The highest BCUT2D eigenvalue weighted by Crippen LogP contribution is 2.22. The first-order valence-electron chi connectivity index (χ1n) is 7.07. The first-order valence-corrected chi connectivity index (χ1v) is 7.07. The Morgan fingerprint density at radius 2 is 2.00 bits per heavy atom. The maximum atomic E-state index is 12.5. The van der Waals surface area contributed by atoms with Crippen LogP contribution in [0, 0.1) is 6.92 Å². The molecule has 1 aromatic rings. The molecule has 0 aliphatic carbocycles. The molecule has 0 N–H and O–H groups in total. The van der Waals surface area contributed by atoms with Gasteiger partial charge >= 0.3 is 6.09 Å². The Bertz CT molecular complexity index is 476. The molecule has 5 heteroatoms. The fourth-order valence-electron chi connectivity index (χ4n) is 2.20. The van der Waals surface area contributed by atoms with Gasteiger partial charge in [0.15, 0.2) is 5.82 Å². The van der Waals surface area contributed by atoms with Crippen LogP contribution in [0.2, 0.25) is 0 Å². The maximum Gasteiger partial charge on any atom is 0.431 e. The van der Waals surface area contributed by atoms with Gasteiger partial charge in [0.1, 0.15) is 5.60 Å². The number of hydrogen-bond donors (Lipinski definition) is 0.